The molecule has 112 valence electrons. The van der Waals surface area contributed by atoms with Crippen molar-refractivity contribution in [3.8, 4) is 0 Å². The van der Waals surface area contributed by atoms with Crippen LogP contribution in [0.2, 0.25) is 5.02 Å². The fourth-order valence-electron chi connectivity index (χ4n) is 2.27. The number of aromatic nitrogens is 2. The molecule has 5 heteroatoms. The van der Waals surface area contributed by atoms with Crippen molar-refractivity contribution in [1.29, 1.82) is 0 Å². The number of rotatable bonds is 4. The van der Waals surface area contributed by atoms with Crippen LogP contribution >= 0.6 is 23.4 Å². The van der Waals surface area contributed by atoms with Crippen molar-refractivity contribution in [2.45, 2.75) is 24.4 Å². The van der Waals surface area contributed by atoms with Gasteiger partial charge in [0.25, 0.3) is 5.56 Å². The third-order valence-corrected chi connectivity index (χ3v) is 4.72. The Bertz CT molecular complexity index is 859. The summed E-state index contributed by atoms with van der Waals surface area (Å²) in [7, 11) is 0. The average Bonchev–Trinajstić information content (AvgIpc) is 2.54. The van der Waals surface area contributed by atoms with Gasteiger partial charge in [-0.1, -0.05) is 47.6 Å². The number of para-hydroxylation sites is 1. The zero-order chi connectivity index (χ0) is 15.5. The maximum absolute atomic E-state index is 12.5. The number of benzene rings is 2. The Morgan fingerprint density at radius 3 is 2.59 bits per heavy atom. The number of hydrogen-bond donors (Lipinski definition) is 0. The molecular weight excluding hydrogens is 316 g/mol. The van der Waals surface area contributed by atoms with Crippen molar-refractivity contribution >= 4 is 34.3 Å². The molecule has 0 aliphatic rings. The van der Waals surface area contributed by atoms with Gasteiger partial charge in [0.2, 0.25) is 0 Å². The lowest BCUT2D eigenvalue weighted by atomic mass is 10.2. The molecule has 0 saturated carbocycles. The molecule has 3 rings (SSSR count). The Balaban J connectivity index is 1.95. The summed E-state index contributed by atoms with van der Waals surface area (Å²) in [5.41, 5.74) is 1.92. The molecule has 3 nitrogen and oxygen atoms in total. The number of fused-ring (bicyclic) bond motifs is 1. The molecule has 0 spiro atoms. The minimum absolute atomic E-state index is 0.0201. The maximum Gasteiger partial charge on any atom is 0.262 e. The fraction of sp³-hybridized carbons (Fsp3) is 0.176. The normalized spacial score (nSPS) is 11.0. The van der Waals surface area contributed by atoms with E-state index in [1.807, 2.05) is 55.5 Å². The average molecular weight is 331 g/mol. The molecule has 3 aromatic rings. The van der Waals surface area contributed by atoms with E-state index < -0.39 is 0 Å². The van der Waals surface area contributed by atoms with Crippen LogP contribution in [-0.2, 0) is 12.3 Å². The molecule has 0 radical (unpaired) electrons. The molecule has 0 fully saturated rings. The Kier molecular flexibility index (Phi) is 4.50. The molecule has 0 bridgehead atoms. The molecule has 22 heavy (non-hydrogen) atoms. The van der Waals surface area contributed by atoms with E-state index in [1.54, 1.807) is 16.3 Å². The van der Waals surface area contributed by atoms with Gasteiger partial charge in [0, 0.05) is 17.3 Å². The Labute approximate surface area is 138 Å². The van der Waals surface area contributed by atoms with E-state index >= 15 is 0 Å². The molecule has 0 aliphatic carbocycles. The lowest BCUT2D eigenvalue weighted by molar-refractivity contribution is 0.634. The van der Waals surface area contributed by atoms with Gasteiger partial charge in [0.15, 0.2) is 5.16 Å². The molecular formula is C17H15ClN2OS. The van der Waals surface area contributed by atoms with Gasteiger partial charge in [-0.15, -0.1) is 0 Å². The van der Waals surface area contributed by atoms with Gasteiger partial charge in [-0.3, -0.25) is 9.36 Å². The van der Waals surface area contributed by atoms with Crippen molar-refractivity contribution in [2.24, 2.45) is 0 Å². The van der Waals surface area contributed by atoms with E-state index in [9.17, 15) is 4.79 Å². The second-order valence-corrected chi connectivity index (χ2v) is 6.26. The van der Waals surface area contributed by atoms with Gasteiger partial charge in [0.1, 0.15) is 0 Å². The van der Waals surface area contributed by atoms with Crippen LogP contribution in [0, 0.1) is 0 Å². The number of halogens is 1. The number of hydrogen-bond acceptors (Lipinski definition) is 3. The molecule has 0 unspecified atom stereocenters. The Morgan fingerprint density at radius 1 is 1.14 bits per heavy atom. The van der Waals surface area contributed by atoms with Crippen molar-refractivity contribution < 1.29 is 0 Å². The van der Waals surface area contributed by atoms with Crippen LogP contribution < -0.4 is 5.56 Å². The Morgan fingerprint density at radius 2 is 1.86 bits per heavy atom. The zero-order valence-electron chi connectivity index (χ0n) is 12.1. The second-order valence-electron chi connectivity index (χ2n) is 4.88. The molecule has 2 aromatic carbocycles. The first-order valence-electron chi connectivity index (χ1n) is 7.06. The summed E-state index contributed by atoms with van der Waals surface area (Å²) in [6, 6.07) is 15.2. The molecule has 1 heterocycles. The molecule has 0 N–H and O–H groups in total. The van der Waals surface area contributed by atoms with E-state index in [-0.39, 0.29) is 5.56 Å². The molecule has 0 saturated heterocycles. The monoisotopic (exact) mass is 330 g/mol. The molecule has 0 aliphatic heterocycles. The minimum Gasteiger partial charge on any atom is -0.287 e. The van der Waals surface area contributed by atoms with E-state index in [0.29, 0.717) is 11.9 Å². The lowest BCUT2D eigenvalue weighted by Gasteiger charge is -2.11. The van der Waals surface area contributed by atoms with Gasteiger partial charge in [0.05, 0.1) is 10.9 Å². The minimum atomic E-state index is 0.0201. The summed E-state index contributed by atoms with van der Waals surface area (Å²) in [5.74, 6) is 0.752. The topological polar surface area (TPSA) is 34.9 Å². The Hall–Kier alpha value is -1.78. The van der Waals surface area contributed by atoms with Crippen LogP contribution in [0.5, 0.6) is 0 Å². The first-order valence-corrected chi connectivity index (χ1v) is 8.42. The lowest BCUT2D eigenvalue weighted by Crippen LogP contribution is -2.22. The van der Waals surface area contributed by atoms with Gasteiger partial charge < -0.3 is 0 Å². The summed E-state index contributed by atoms with van der Waals surface area (Å²) in [6.45, 7) is 2.57. The summed E-state index contributed by atoms with van der Waals surface area (Å²) in [6.07, 6.45) is 0. The fourth-order valence-corrected chi connectivity index (χ4v) is 3.41. The number of nitrogens with zero attached hydrogens (tertiary/aromatic N) is 2. The van der Waals surface area contributed by atoms with Crippen molar-refractivity contribution in [3.05, 3.63) is 69.5 Å². The predicted octanol–water partition coefficient (Wildman–Crippen LogP) is 4.36. The largest absolute Gasteiger partial charge is 0.287 e. The van der Waals surface area contributed by atoms with Crippen molar-refractivity contribution in [3.63, 3.8) is 0 Å². The predicted molar refractivity (Wildman–Crippen MR) is 92.7 cm³/mol. The molecule has 1 aromatic heterocycles. The van der Waals surface area contributed by atoms with E-state index in [2.05, 4.69) is 4.98 Å². The van der Waals surface area contributed by atoms with Gasteiger partial charge in [-0.2, -0.15) is 0 Å². The van der Waals surface area contributed by atoms with Crippen LogP contribution in [0.4, 0.5) is 0 Å². The third kappa shape index (κ3) is 3.03. The quantitative estimate of drug-likeness (QED) is 0.526. The highest BCUT2D eigenvalue weighted by atomic mass is 35.5. The highest BCUT2D eigenvalue weighted by Crippen LogP contribution is 2.23. The zero-order valence-corrected chi connectivity index (χ0v) is 13.7. The second kappa shape index (κ2) is 6.55. The maximum atomic E-state index is 12.5. The molecule has 0 amide bonds. The van der Waals surface area contributed by atoms with Gasteiger partial charge >= 0.3 is 0 Å². The smallest absolute Gasteiger partial charge is 0.262 e. The van der Waals surface area contributed by atoms with Gasteiger partial charge in [-0.05, 0) is 36.8 Å². The summed E-state index contributed by atoms with van der Waals surface area (Å²) >= 11 is 7.47. The first-order chi connectivity index (χ1) is 10.7. The SMILES string of the molecule is CCn1c(SCc2ccc(Cl)cc2)nc2ccccc2c1=O. The van der Waals surface area contributed by atoms with Crippen LogP contribution in [-0.4, -0.2) is 9.55 Å². The first kappa shape index (κ1) is 15.1. The number of thioether (sulfide) groups is 1. The van der Waals surface area contributed by atoms with Gasteiger partial charge in [-0.25, -0.2) is 4.98 Å². The summed E-state index contributed by atoms with van der Waals surface area (Å²) in [5, 5.41) is 2.14. The highest BCUT2D eigenvalue weighted by Gasteiger charge is 2.10. The third-order valence-electron chi connectivity index (χ3n) is 3.42. The van der Waals surface area contributed by atoms with E-state index in [0.717, 1.165) is 27.0 Å². The van der Waals surface area contributed by atoms with E-state index in [1.165, 1.54) is 0 Å². The summed E-state index contributed by atoms with van der Waals surface area (Å²) < 4.78 is 1.73. The highest BCUT2D eigenvalue weighted by molar-refractivity contribution is 7.98. The molecule has 0 atom stereocenters. The van der Waals surface area contributed by atoms with E-state index in [4.69, 9.17) is 11.6 Å². The van der Waals surface area contributed by atoms with Crippen molar-refractivity contribution in [2.75, 3.05) is 0 Å². The van der Waals surface area contributed by atoms with Crippen LogP contribution in [0.25, 0.3) is 10.9 Å². The standard InChI is InChI=1S/C17H15ClN2OS/c1-2-20-16(21)14-5-3-4-6-15(14)19-17(20)22-11-12-7-9-13(18)10-8-12/h3-10H,2,11H2,1H3. The summed E-state index contributed by atoms with van der Waals surface area (Å²) in [4.78, 5) is 17.2. The van der Waals surface area contributed by atoms with Crippen LogP contribution in [0.15, 0.2) is 58.5 Å². The van der Waals surface area contributed by atoms with Crippen LogP contribution in [0.1, 0.15) is 12.5 Å². The van der Waals surface area contributed by atoms with Crippen molar-refractivity contribution in [1.82, 2.24) is 9.55 Å². The van der Waals surface area contributed by atoms with Crippen LogP contribution in [0.3, 0.4) is 0 Å².